The zero-order chi connectivity index (χ0) is 24.1. The van der Waals surface area contributed by atoms with Crippen molar-refractivity contribution >= 4 is 11.6 Å². The minimum atomic E-state index is -0.163. The second-order valence-corrected chi connectivity index (χ2v) is 8.31. The number of benzene rings is 3. The van der Waals surface area contributed by atoms with Crippen LogP contribution in [0.4, 0.5) is 5.69 Å². The minimum Gasteiger partial charge on any atom is -0.497 e. The Bertz CT molecular complexity index is 1280. The van der Waals surface area contributed by atoms with Crippen LogP contribution in [0.15, 0.2) is 72.8 Å². The summed E-state index contributed by atoms with van der Waals surface area (Å²) in [6.45, 7) is 7.04. The quantitative estimate of drug-likeness (QED) is 0.370. The molecule has 0 aliphatic carbocycles. The highest BCUT2D eigenvalue weighted by atomic mass is 16.5. The number of carbonyl (C=O) groups is 1. The van der Waals surface area contributed by atoms with Gasteiger partial charge in [-0.2, -0.15) is 5.10 Å². The number of methoxy groups -OCH3 is 1. The maximum atomic E-state index is 12.9. The Hall–Kier alpha value is -4.06. The van der Waals surface area contributed by atoms with Crippen LogP contribution in [0.25, 0.3) is 0 Å². The van der Waals surface area contributed by atoms with Gasteiger partial charge in [0.2, 0.25) is 0 Å². The summed E-state index contributed by atoms with van der Waals surface area (Å²) in [5, 5.41) is 7.67. The standard InChI is InChI=1S/C28H29N3O3/c1-19-6-5-7-23(16-19)17-31-21(3)27(20(2)30-31)29-28(32)24-10-8-22(9-11-24)18-34-26-14-12-25(33-4)13-15-26/h5-16H,17-18H2,1-4H3,(H,29,32). The molecule has 0 radical (unpaired) electrons. The Balaban J connectivity index is 1.39. The van der Waals surface area contributed by atoms with Gasteiger partial charge in [-0.1, -0.05) is 42.0 Å². The molecule has 0 saturated heterocycles. The first-order chi connectivity index (χ1) is 16.4. The molecule has 6 nitrogen and oxygen atoms in total. The highest BCUT2D eigenvalue weighted by Gasteiger charge is 2.15. The number of hydrogen-bond donors (Lipinski definition) is 1. The van der Waals surface area contributed by atoms with Crippen LogP contribution < -0.4 is 14.8 Å². The lowest BCUT2D eigenvalue weighted by atomic mass is 10.1. The van der Waals surface area contributed by atoms with Gasteiger partial charge in [0.25, 0.3) is 5.91 Å². The van der Waals surface area contributed by atoms with Gasteiger partial charge >= 0.3 is 0 Å². The number of anilines is 1. The molecule has 4 aromatic rings. The number of hydrogen-bond acceptors (Lipinski definition) is 4. The van der Waals surface area contributed by atoms with Crippen molar-refractivity contribution in [3.63, 3.8) is 0 Å². The van der Waals surface area contributed by atoms with Crippen molar-refractivity contribution in [2.45, 2.75) is 33.9 Å². The van der Waals surface area contributed by atoms with E-state index in [1.807, 2.05) is 73.1 Å². The van der Waals surface area contributed by atoms with Gasteiger partial charge in [0, 0.05) is 5.56 Å². The second-order valence-electron chi connectivity index (χ2n) is 8.31. The molecule has 0 atom stereocenters. The van der Waals surface area contributed by atoms with E-state index in [1.54, 1.807) is 7.11 Å². The molecule has 1 heterocycles. The SMILES string of the molecule is COc1ccc(OCc2ccc(C(=O)Nc3c(C)nn(Cc4cccc(C)c4)c3C)cc2)cc1. The van der Waals surface area contributed by atoms with Crippen molar-refractivity contribution in [2.24, 2.45) is 0 Å². The number of ether oxygens (including phenoxy) is 2. The number of rotatable bonds is 8. The van der Waals surface area contributed by atoms with E-state index in [-0.39, 0.29) is 5.91 Å². The molecular formula is C28H29N3O3. The van der Waals surface area contributed by atoms with Gasteiger partial charge in [0.05, 0.1) is 30.7 Å². The van der Waals surface area contributed by atoms with E-state index in [0.29, 0.717) is 18.7 Å². The number of carbonyl (C=O) groups excluding carboxylic acids is 1. The molecule has 0 bridgehead atoms. The van der Waals surface area contributed by atoms with Crippen molar-refractivity contribution in [1.29, 1.82) is 0 Å². The average molecular weight is 456 g/mol. The molecule has 3 aromatic carbocycles. The Morgan fingerprint density at radius 2 is 1.62 bits per heavy atom. The number of nitrogens with zero attached hydrogens (tertiary/aromatic N) is 2. The lowest BCUT2D eigenvalue weighted by Crippen LogP contribution is -2.13. The Morgan fingerprint density at radius 1 is 0.912 bits per heavy atom. The van der Waals surface area contributed by atoms with E-state index in [9.17, 15) is 4.79 Å². The van der Waals surface area contributed by atoms with Gasteiger partial charge in [-0.25, -0.2) is 0 Å². The van der Waals surface area contributed by atoms with Crippen molar-refractivity contribution in [3.05, 3.63) is 106 Å². The summed E-state index contributed by atoms with van der Waals surface area (Å²) in [7, 11) is 1.63. The van der Waals surface area contributed by atoms with E-state index in [1.165, 1.54) is 11.1 Å². The molecule has 4 rings (SSSR count). The topological polar surface area (TPSA) is 65.4 Å². The molecule has 1 amide bonds. The summed E-state index contributed by atoms with van der Waals surface area (Å²) >= 11 is 0. The summed E-state index contributed by atoms with van der Waals surface area (Å²) in [6.07, 6.45) is 0. The number of nitrogens with one attached hydrogen (secondary N) is 1. The Kier molecular flexibility index (Phi) is 6.97. The van der Waals surface area contributed by atoms with Crippen molar-refractivity contribution < 1.29 is 14.3 Å². The zero-order valence-electron chi connectivity index (χ0n) is 20.0. The predicted octanol–water partition coefficient (Wildman–Crippen LogP) is 5.70. The van der Waals surface area contributed by atoms with E-state index in [4.69, 9.17) is 9.47 Å². The third-order valence-corrected chi connectivity index (χ3v) is 5.72. The fraction of sp³-hybridized carbons (Fsp3) is 0.214. The molecule has 1 aromatic heterocycles. The monoisotopic (exact) mass is 455 g/mol. The molecule has 0 fully saturated rings. The number of aryl methyl sites for hydroxylation is 2. The molecule has 1 N–H and O–H groups in total. The van der Waals surface area contributed by atoms with E-state index < -0.39 is 0 Å². The van der Waals surface area contributed by atoms with Crippen LogP contribution in [0.3, 0.4) is 0 Å². The summed E-state index contributed by atoms with van der Waals surface area (Å²) in [5.41, 5.74) is 6.43. The second kappa shape index (κ2) is 10.3. The first-order valence-corrected chi connectivity index (χ1v) is 11.2. The Morgan fingerprint density at radius 3 is 2.29 bits per heavy atom. The molecule has 0 aliphatic heterocycles. The van der Waals surface area contributed by atoms with Crippen LogP contribution >= 0.6 is 0 Å². The molecule has 0 unspecified atom stereocenters. The van der Waals surface area contributed by atoms with Gasteiger partial charge in [-0.05, 0) is 68.3 Å². The van der Waals surface area contributed by atoms with Crippen LogP contribution in [0.5, 0.6) is 11.5 Å². The highest BCUT2D eigenvalue weighted by molar-refractivity contribution is 6.04. The third-order valence-electron chi connectivity index (χ3n) is 5.72. The lowest BCUT2D eigenvalue weighted by Gasteiger charge is -2.09. The number of aromatic nitrogens is 2. The Labute approximate surface area is 200 Å². The van der Waals surface area contributed by atoms with Crippen LogP contribution in [-0.4, -0.2) is 22.8 Å². The highest BCUT2D eigenvalue weighted by Crippen LogP contribution is 2.22. The van der Waals surface area contributed by atoms with Crippen molar-refractivity contribution in [1.82, 2.24) is 9.78 Å². The fourth-order valence-corrected chi connectivity index (χ4v) is 3.79. The summed E-state index contributed by atoms with van der Waals surface area (Å²) in [4.78, 5) is 12.9. The lowest BCUT2D eigenvalue weighted by molar-refractivity contribution is 0.102. The van der Waals surface area contributed by atoms with Crippen LogP contribution in [-0.2, 0) is 13.2 Å². The molecule has 0 saturated carbocycles. The van der Waals surface area contributed by atoms with Crippen LogP contribution in [0, 0.1) is 20.8 Å². The zero-order valence-corrected chi connectivity index (χ0v) is 20.0. The van der Waals surface area contributed by atoms with Gasteiger partial charge in [0.1, 0.15) is 18.1 Å². The smallest absolute Gasteiger partial charge is 0.255 e. The largest absolute Gasteiger partial charge is 0.497 e. The summed E-state index contributed by atoms with van der Waals surface area (Å²) < 4.78 is 12.9. The fourth-order valence-electron chi connectivity index (χ4n) is 3.79. The van der Waals surface area contributed by atoms with Crippen LogP contribution in [0.1, 0.15) is 38.4 Å². The molecule has 34 heavy (non-hydrogen) atoms. The normalized spacial score (nSPS) is 10.7. The first kappa shape index (κ1) is 23.1. The van der Waals surface area contributed by atoms with E-state index >= 15 is 0 Å². The van der Waals surface area contributed by atoms with E-state index in [2.05, 4.69) is 35.5 Å². The van der Waals surface area contributed by atoms with Gasteiger partial charge in [-0.15, -0.1) is 0 Å². The van der Waals surface area contributed by atoms with Gasteiger partial charge < -0.3 is 14.8 Å². The molecule has 174 valence electrons. The first-order valence-electron chi connectivity index (χ1n) is 11.2. The maximum Gasteiger partial charge on any atom is 0.255 e. The number of amides is 1. The molecule has 0 aliphatic rings. The molecule has 0 spiro atoms. The molecular weight excluding hydrogens is 426 g/mol. The van der Waals surface area contributed by atoms with E-state index in [0.717, 1.165) is 34.1 Å². The summed E-state index contributed by atoms with van der Waals surface area (Å²) in [6, 6.07) is 23.2. The van der Waals surface area contributed by atoms with Gasteiger partial charge in [-0.3, -0.25) is 9.48 Å². The van der Waals surface area contributed by atoms with Crippen molar-refractivity contribution in [3.8, 4) is 11.5 Å². The minimum absolute atomic E-state index is 0.163. The predicted molar refractivity (Wildman–Crippen MR) is 134 cm³/mol. The maximum absolute atomic E-state index is 12.9. The van der Waals surface area contributed by atoms with Gasteiger partial charge in [0.15, 0.2) is 0 Å². The third kappa shape index (κ3) is 5.46. The average Bonchev–Trinajstić information content (AvgIpc) is 3.10. The van der Waals surface area contributed by atoms with Crippen molar-refractivity contribution in [2.75, 3.05) is 12.4 Å². The van der Waals surface area contributed by atoms with Crippen LogP contribution in [0.2, 0.25) is 0 Å². The molecule has 6 heteroatoms. The summed E-state index contributed by atoms with van der Waals surface area (Å²) in [5.74, 6) is 1.38.